The number of hydrogen-bond acceptors (Lipinski definition) is 4. The van der Waals surface area contributed by atoms with Crippen molar-refractivity contribution in [1.82, 2.24) is 4.98 Å². The maximum atomic E-state index is 12.6. The predicted octanol–water partition coefficient (Wildman–Crippen LogP) is 2.27. The highest BCUT2D eigenvalue weighted by molar-refractivity contribution is 7.92. The number of nitrogens with zero attached hydrogens (tertiary/aromatic N) is 1. The molecule has 21 heavy (non-hydrogen) atoms. The molecular weight excluding hydrogens is 286 g/mol. The number of aryl methyl sites for hydroxylation is 3. The smallest absolute Gasteiger partial charge is 0.262 e. The summed E-state index contributed by atoms with van der Waals surface area (Å²) >= 11 is 0. The standard InChI is InChI=1S/C15H19N3O2S/c1-10-6-11(2)15(7-13(10)8-16)21(19,20)18-14-4-5-17-9-12(14)3/h4-7,9H,8,16H2,1-3H3,(H,17,18). The van der Waals surface area contributed by atoms with Gasteiger partial charge in [-0.05, 0) is 55.2 Å². The highest BCUT2D eigenvalue weighted by Crippen LogP contribution is 2.24. The molecule has 0 aliphatic rings. The SMILES string of the molecule is Cc1cc(C)c(S(=O)(=O)Nc2ccncc2C)cc1CN. The molecule has 0 spiro atoms. The zero-order valence-electron chi connectivity index (χ0n) is 12.3. The Hall–Kier alpha value is -1.92. The Kier molecular flexibility index (Phi) is 4.29. The molecular formula is C15H19N3O2S. The van der Waals surface area contributed by atoms with Crippen molar-refractivity contribution in [3.63, 3.8) is 0 Å². The van der Waals surface area contributed by atoms with Crippen LogP contribution in [0.2, 0.25) is 0 Å². The fraction of sp³-hybridized carbons (Fsp3) is 0.267. The summed E-state index contributed by atoms with van der Waals surface area (Å²) in [7, 11) is -3.65. The van der Waals surface area contributed by atoms with Gasteiger partial charge in [-0.1, -0.05) is 6.07 Å². The molecule has 0 bridgehead atoms. The number of sulfonamides is 1. The van der Waals surface area contributed by atoms with E-state index in [2.05, 4.69) is 9.71 Å². The zero-order chi connectivity index (χ0) is 15.6. The third-order valence-electron chi connectivity index (χ3n) is 3.41. The first-order valence-corrected chi connectivity index (χ1v) is 8.07. The van der Waals surface area contributed by atoms with Crippen molar-refractivity contribution in [2.45, 2.75) is 32.2 Å². The number of aromatic nitrogens is 1. The molecule has 2 aromatic rings. The molecule has 0 aliphatic heterocycles. The van der Waals surface area contributed by atoms with Crippen molar-refractivity contribution in [3.05, 3.63) is 52.8 Å². The molecule has 3 N–H and O–H groups in total. The van der Waals surface area contributed by atoms with Crippen LogP contribution in [-0.4, -0.2) is 13.4 Å². The molecule has 6 heteroatoms. The predicted molar refractivity (Wildman–Crippen MR) is 83.6 cm³/mol. The number of nitrogens with one attached hydrogen (secondary N) is 1. The molecule has 1 aromatic carbocycles. The van der Waals surface area contributed by atoms with Crippen LogP contribution in [-0.2, 0) is 16.6 Å². The zero-order valence-corrected chi connectivity index (χ0v) is 13.2. The van der Waals surface area contributed by atoms with Crippen LogP contribution in [0.15, 0.2) is 35.5 Å². The van der Waals surface area contributed by atoms with E-state index in [1.807, 2.05) is 13.0 Å². The summed E-state index contributed by atoms with van der Waals surface area (Å²) in [6.45, 7) is 5.81. The monoisotopic (exact) mass is 305 g/mol. The quantitative estimate of drug-likeness (QED) is 0.907. The van der Waals surface area contributed by atoms with Gasteiger partial charge in [0, 0.05) is 18.9 Å². The first kappa shape index (κ1) is 15.5. The Labute approximate surface area is 125 Å². The maximum absolute atomic E-state index is 12.6. The molecule has 0 saturated heterocycles. The van der Waals surface area contributed by atoms with Crippen molar-refractivity contribution in [1.29, 1.82) is 0 Å². The minimum absolute atomic E-state index is 0.254. The van der Waals surface area contributed by atoms with Crippen LogP contribution < -0.4 is 10.5 Å². The molecule has 1 heterocycles. The second-order valence-corrected chi connectivity index (χ2v) is 6.70. The average molecular weight is 305 g/mol. The lowest BCUT2D eigenvalue weighted by Gasteiger charge is -2.14. The van der Waals surface area contributed by atoms with E-state index in [-0.39, 0.29) is 4.90 Å². The summed E-state index contributed by atoms with van der Waals surface area (Å²) in [6.07, 6.45) is 3.17. The van der Waals surface area contributed by atoms with E-state index in [9.17, 15) is 8.42 Å². The van der Waals surface area contributed by atoms with Gasteiger partial charge in [-0.15, -0.1) is 0 Å². The van der Waals surface area contributed by atoms with Crippen molar-refractivity contribution >= 4 is 15.7 Å². The van der Waals surface area contributed by atoms with Gasteiger partial charge in [0.15, 0.2) is 0 Å². The number of pyridine rings is 1. The second kappa shape index (κ2) is 5.83. The van der Waals surface area contributed by atoms with E-state index < -0.39 is 10.0 Å². The van der Waals surface area contributed by atoms with Gasteiger partial charge in [0.05, 0.1) is 10.6 Å². The number of benzene rings is 1. The lowest BCUT2D eigenvalue weighted by Crippen LogP contribution is -2.16. The summed E-state index contributed by atoms with van der Waals surface area (Å²) in [5, 5.41) is 0. The van der Waals surface area contributed by atoms with E-state index in [1.165, 1.54) is 0 Å². The fourth-order valence-corrected chi connectivity index (χ4v) is 3.58. The molecule has 0 amide bonds. The fourth-order valence-electron chi connectivity index (χ4n) is 2.17. The van der Waals surface area contributed by atoms with E-state index in [1.54, 1.807) is 38.4 Å². The molecule has 0 fully saturated rings. The van der Waals surface area contributed by atoms with Gasteiger partial charge in [-0.2, -0.15) is 0 Å². The molecule has 0 radical (unpaired) electrons. The van der Waals surface area contributed by atoms with Gasteiger partial charge in [0.25, 0.3) is 10.0 Å². The third kappa shape index (κ3) is 3.22. The maximum Gasteiger partial charge on any atom is 0.262 e. The minimum atomic E-state index is -3.65. The van der Waals surface area contributed by atoms with Crippen molar-refractivity contribution in [3.8, 4) is 0 Å². The van der Waals surface area contributed by atoms with Gasteiger partial charge in [-0.25, -0.2) is 8.42 Å². The Morgan fingerprint density at radius 2 is 1.86 bits per heavy atom. The highest BCUT2D eigenvalue weighted by atomic mass is 32.2. The Morgan fingerprint density at radius 1 is 1.14 bits per heavy atom. The topological polar surface area (TPSA) is 85.1 Å². The summed E-state index contributed by atoms with van der Waals surface area (Å²) in [4.78, 5) is 4.21. The van der Waals surface area contributed by atoms with Crippen LogP contribution in [0.1, 0.15) is 22.3 Å². The van der Waals surface area contributed by atoms with Crippen LogP contribution in [0.4, 0.5) is 5.69 Å². The first-order valence-electron chi connectivity index (χ1n) is 6.59. The first-order chi connectivity index (χ1) is 9.85. The summed E-state index contributed by atoms with van der Waals surface area (Å²) in [5.41, 5.74) is 9.48. The van der Waals surface area contributed by atoms with Crippen LogP contribution in [0, 0.1) is 20.8 Å². The minimum Gasteiger partial charge on any atom is -0.326 e. The molecule has 0 atom stereocenters. The Balaban J connectivity index is 2.47. The van der Waals surface area contributed by atoms with E-state index in [0.717, 1.165) is 16.7 Å². The summed E-state index contributed by atoms with van der Waals surface area (Å²) in [6, 6.07) is 5.12. The van der Waals surface area contributed by atoms with Gasteiger partial charge in [-0.3, -0.25) is 9.71 Å². The van der Waals surface area contributed by atoms with Gasteiger partial charge in [0.1, 0.15) is 0 Å². The number of hydrogen-bond donors (Lipinski definition) is 2. The second-order valence-electron chi connectivity index (χ2n) is 5.04. The van der Waals surface area contributed by atoms with Crippen molar-refractivity contribution in [2.24, 2.45) is 5.73 Å². The van der Waals surface area contributed by atoms with Gasteiger partial charge >= 0.3 is 0 Å². The lowest BCUT2D eigenvalue weighted by atomic mass is 10.1. The van der Waals surface area contributed by atoms with Gasteiger partial charge < -0.3 is 5.73 Å². The molecule has 1 aromatic heterocycles. The number of nitrogens with two attached hydrogens (primary N) is 1. The largest absolute Gasteiger partial charge is 0.326 e. The number of anilines is 1. The van der Waals surface area contributed by atoms with Gasteiger partial charge in [0.2, 0.25) is 0 Å². The van der Waals surface area contributed by atoms with Crippen molar-refractivity contribution < 1.29 is 8.42 Å². The van der Waals surface area contributed by atoms with Crippen LogP contribution in [0.5, 0.6) is 0 Å². The lowest BCUT2D eigenvalue weighted by molar-refractivity contribution is 0.600. The van der Waals surface area contributed by atoms with E-state index >= 15 is 0 Å². The molecule has 112 valence electrons. The van der Waals surface area contributed by atoms with Crippen LogP contribution >= 0.6 is 0 Å². The third-order valence-corrected chi connectivity index (χ3v) is 4.92. The summed E-state index contributed by atoms with van der Waals surface area (Å²) < 4.78 is 27.8. The van der Waals surface area contributed by atoms with E-state index in [4.69, 9.17) is 5.73 Å². The molecule has 0 saturated carbocycles. The number of rotatable bonds is 4. The highest BCUT2D eigenvalue weighted by Gasteiger charge is 2.19. The normalized spacial score (nSPS) is 11.4. The van der Waals surface area contributed by atoms with Crippen LogP contribution in [0.25, 0.3) is 0 Å². The van der Waals surface area contributed by atoms with Crippen molar-refractivity contribution in [2.75, 3.05) is 4.72 Å². The Bertz CT molecular complexity index is 770. The molecule has 2 rings (SSSR count). The van der Waals surface area contributed by atoms with E-state index in [0.29, 0.717) is 17.8 Å². The molecule has 0 unspecified atom stereocenters. The Morgan fingerprint density at radius 3 is 2.48 bits per heavy atom. The van der Waals surface area contributed by atoms with Crippen LogP contribution in [0.3, 0.4) is 0 Å². The average Bonchev–Trinajstić information content (AvgIpc) is 2.41. The molecule has 5 nitrogen and oxygen atoms in total. The summed E-state index contributed by atoms with van der Waals surface area (Å²) in [5.74, 6) is 0. The molecule has 0 aliphatic carbocycles.